The minimum atomic E-state index is 0. The van der Waals surface area contributed by atoms with Gasteiger partial charge in [-0.25, -0.2) is 4.98 Å². The highest BCUT2D eigenvalue weighted by Crippen LogP contribution is 2.13. The van der Waals surface area contributed by atoms with Crippen LogP contribution in [0.4, 0.5) is 5.69 Å². The second-order valence-corrected chi connectivity index (χ2v) is 5.78. The zero-order valence-electron chi connectivity index (χ0n) is 12.3. The second kappa shape index (κ2) is 8.99. The first-order valence-corrected chi connectivity index (χ1v) is 7.56. The number of anilines is 1. The summed E-state index contributed by atoms with van der Waals surface area (Å²) in [7, 11) is 0. The molecule has 4 nitrogen and oxygen atoms in total. The molecule has 0 spiro atoms. The van der Waals surface area contributed by atoms with Gasteiger partial charge in [0.15, 0.2) is 5.96 Å². The fourth-order valence-corrected chi connectivity index (χ4v) is 2.57. The fraction of sp³-hybridized carbons (Fsp3) is 0.333. The van der Waals surface area contributed by atoms with E-state index in [1.807, 2.05) is 30.5 Å². The number of aryl methyl sites for hydroxylation is 2. The van der Waals surface area contributed by atoms with Crippen LogP contribution in [0, 0.1) is 6.92 Å². The number of rotatable bonds is 5. The van der Waals surface area contributed by atoms with Crippen molar-refractivity contribution in [2.75, 3.05) is 11.9 Å². The molecule has 0 fully saturated rings. The van der Waals surface area contributed by atoms with Gasteiger partial charge in [0.2, 0.25) is 0 Å². The number of hydrogen-bond donors (Lipinski definition) is 2. The van der Waals surface area contributed by atoms with Crippen molar-refractivity contribution in [1.29, 1.82) is 0 Å². The Balaban J connectivity index is 0.00000220. The van der Waals surface area contributed by atoms with Crippen molar-refractivity contribution >= 4 is 47.0 Å². The molecule has 0 unspecified atom stereocenters. The van der Waals surface area contributed by atoms with Gasteiger partial charge >= 0.3 is 0 Å². The molecule has 114 valence electrons. The SMILES string of the molecule is CCc1cnc(CCN=C(N)Nc2ccc(C)cc2)s1.I. The molecule has 0 radical (unpaired) electrons. The summed E-state index contributed by atoms with van der Waals surface area (Å²) in [4.78, 5) is 10.0. The largest absolute Gasteiger partial charge is 0.370 e. The predicted octanol–water partition coefficient (Wildman–Crippen LogP) is 3.60. The molecule has 2 aromatic rings. The Hall–Kier alpha value is -1.15. The van der Waals surface area contributed by atoms with Gasteiger partial charge in [-0.2, -0.15) is 0 Å². The van der Waals surface area contributed by atoms with Crippen molar-refractivity contribution in [1.82, 2.24) is 4.98 Å². The Kier molecular flexibility index (Phi) is 7.66. The van der Waals surface area contributed by atoms with E-state index in [2.05, 4.69) is 29.1 Å². The zero-order chi connectivity index (χ0) is 14.4. The monoisotopic (exact) mass is 416 g/mol. The smallest absolute Gasteiger partial charge is 0.193 e. The van der Waals surface area contributed by atoms with Gasteiger partial charge in [0.05, 0.1) is 5.01 Å². The molecule has 1 heterocycles. The summed E-state index contributed by atoms with van der Waals surface area (Å²) >= 11 is 1.75. The molecule has 0 amide bonds. The van der Waals surface area contributed by atoms with Crippen molar-refractivity contribution in [3.8, 4) is 0 Å². The maximum Gasteiger partial charge on any atom is 0.193 e. The average Bonchev–Trinajstić information content (AvgIpc) is 2.89. The van der Waals surface area contributed by atoms with Crippen LogP contribution in [0.5, 0.6) is 0 Å². The van der Waals surface area contributed by atoms with Crippen LogP contribution >= 0.6 is 35.3 Å². The Morgan fingerprint density at radius 2 is 2.05 bits per heavy atom. The third-order valence-electron chi connectivity index (χ3n) is 2.88. The van der Waals surface area contributed by atoms with Crippen LogP contribution in [0.15, 0.2) is 35.5 Å². The standard InChI is InChI=1S/C15H20N4S.HI/c1-3-13-10-18-14(20-13)8-9-17-15(16)19-12-6-4-11(2)5-7-12;/h4-7,10H,3,8-9H2,1-2H3,(H3,16,17,19);1H. The summed E-state index contributed by atoms with van der Waals surface area (Å²) in [6, 6.07) is 8.06. The first-order valence-electron chi connectivity index (χ1n) is 6.74. The molecule has 0 aliphatic heterocycles. The highest BCUT2D eigenvalue weighted by molar-refractivity contribution is 14.0. The Morgan fingerprint density at radius 1 is 1.33 bits per heavy atom. The molecule has 21 heavy (non-hydrogen) atoms. The lowest BCUT2D eigenvalue weighted by atomic mass is 10.2. The summed E-state index contributed by atoms with van der Waals surface area (Å²) in [5, 5.41) is 4.20. The number of aromatic nitrogens is 1. The molecule has 0 aliphatic carbocycles. The zero-order valence-corrected chi connectivity index (χ0v) is 15.4. The summed E-state index contributed by atoms with van der Waals surface area (Å²) in [5.74, 6) is 0.445. The third kappa shape index (κ3) is 6.01. The van der Waals surface area contributed by atoms with E-state index < -0.39 is 0 Å². The van der Waals surface area contributed by atoms with Gasteiger partial charge in [-0.1, -0.05) is 24.6 Å². The van der Waals surface area contributed by atoms with Gasteiger partial charge < -0.3 is 11.1 Å². The van der Waals surface area contributed by atoms with Crippen molar-refractivity contribution < 1.29 is 0 Å². The first kappa shape index (κ1) is 17.9. The molecule has 0 aliphatic rings. The highest BCUT2D eigenvalue weighted by Gasteiger charge is 2.00. The van der Waals surface area contributed by atoms with Crippen molar-refractivity contribution in [2.45, 2.75) is 26.7 Å². The van der Waals surface area contributed by atoms with Gasteiger partial charge in [-0.3, -0.25) is 4.99 Å². The normalized spacial score (nSPS) is 11.0. The molecule has 0 saturated carbocycles. The van der Waals surface area contributed by atoms with Crippen LogP contribution in [0.2, 0.25) is 0 Å². The van der Waals surface area contributed by atoms with E-state index in [-0.39, 0.29) is 24.0 Å². The van der Waals surface area contributed by atoms with Crippen LogP contribution < -0.4 is 11.1 Å². The minimum Gasteiger partial charge on any atom is -0.370 e. The molecule has 3 N–H and O–H groups in total. The molecule has 2 rings (SSSR count). The number of thiazole rings is 1. The number of guanidine groups is 1. The summed E-state index contributed by atoms with van der Waals surface area (Å²) in [5.41, 5.74) is 8.04. The Morgan fingerprint density at radius 3 is 2.67 bits per heavy atom. The van der Waals surface area contributed by atoms with Gasteiger partial charge in [0.25, 0.3) is 0 Å². The van der Waals surface area contributed by atoms with E-state index in [9.17, 15) is 0 Å². The van der Waals surface area contributed by atoms with Gasteiger partial charge in [-0.05, 0) is 25.5 Å². The quantitative estimate of drug-likeness (QED) is 0.445. The lowest BCUT2D eigenvalue weighted by Crippen LogP contribution is -2.23. The van der Waals surface area contributed by atoms with E-state index in [1.165, 1.54) is 10.4 Å². The van der Waals surface area contributed by atoms with Crippen molar-refractivity contribution in [3.63, 3.8) is 0 Å². The van der Waals surface area contributed by atoms with Gasteiger partial charge in [-0.15, -0.1) is 35.3 Å². The van der Waals surface area contributed by atoms with Crippen LogP contribution in [0.3, 0.4) is 0 Å². The van der Waals surface area contributed by atoms with Crippen LogP contribution in [0.25, 0.3) is 0 Å². The Bertz CT molecular complexity index is 578. The van der Waals surface area contributed by atoms with Gasteiger partial charge in [0.1, 0.15) is 0 Å². The van der Waals surface area contributed by atoms with E-state index >= 15 is 0 Å². The molecule has 0 bridgehead atoms. The lowest BCUT2D eigenvalue weighted by Gasteiger charge is -2.05. The van der Waals surface area contributed by atoms with E-state index in [0.29, 0.717) is 12.5 Å². The summed E-state index contributed by atoms with van der Waals surface area (Å²) in [6.07, 6.45) is 3.82. The Labute approximate surface area is 146 Å². The van der Waals surface area contributed by atoms with Gasteiger partial charge in [0, 0.05) is 29.7 Å². The maximum atomic E-state index is 5.86. The number of aliphatic imine (C=N–C) groups is 1. The molecule has 1 aromatic carbocycles. The molecule has 6 heteroatoms. The molecule has 0 saturated heterocycles. The number of nitrogens with zero attached hydrogens (tertiary/aromatic N) is 2. The van der Waals surface area contributed by atoms with E-state index in [0.717, 1.165) is 23.5 Å². The van der Waals surface area contributed by atoms with Crippen molar-refractivity contribution in [2.24, 2.45) is 10.7 Å². The lowest BCUT2D eigenvalue weighted by molar-refractivity contribution is 0.949. The van der Waals surface area contributed by atoms with Crippen LogP contribution in [-0.4, -0.2) is 17.5 Å². The van der Waals surface area contributed by atoms with E-state index in [1.54, 1.807) is 11.3 Å². The summed E-state index contributed by atoms with van der Waals surface area (Å²) in [6.45, 7) is 4.85. The minimum absolute atomic E-state index is 0. The number of nitrogens with two attached hydrogens (primary N) is 1. The van der Waals surface area contributed by atoms with Crippen LogP contribution in [0.1, 0.15) is 22.4 Å². The predicted molar refractivity (Wildman–Crippen MR) is 102 cm³/mol. The first-order chi connectivity index (χ1) is 9.67. The number of benzene rings is 1. The van der Waals surface area contributed by atoms with E-state index in [4.69, 9.17) is 5.73 Å². The van der Waals surface area contributed by atoms with Crippen molar-refractivity contribution in [3.05, 3.63) is 45.9 Å². The maximum absolute atomic E-state index is 5.86. The topological polar surface area (TPSA) is 63.3 Å². The number of nitrogens with one attached hydrogen (secondary N) is 1. The third-order valence-corrected chi connectivity index (χ3v) is 4.08. The molecule has 1 aromatic heterocycles. The summed E-state index contributed by atoms with van der Waals surface area (Å²) < 4.78 is 0. The molecule has 0 atom stereocenters. The highest BCUT2D eigenvalue weighted by atomic mass is 127. The fourth-order valence-electron chi connectivity index (χ4n) is 1.72. The molecular formula is C15H21IN4S. The number of hydrogen-bond acceptors (Lipinski definition) is 3. The second-order valence-electron chi connectivity index (χ2n) is 4.58. The average molecular weight is 416 g/mol. The molecular weight excluding hydrogens is 395 g/mol. The number of halogens is 1. The van der Waals surface area contributed by atoms with Crippen LogP contribution in [-0.2, 0) is 12.8 Å².